The molecule has 0 spiro atoms. The van der Waals surface area contributed by atoms with Crippen LogP contribution in [0.5, 0.6) is 0 Å². The van der Waals surface area contributed by atoms with Gasteiger partial charge in [0, 0.05) is 27.4 Å². The van der Waals surface area contributed by atoms with Crippen molar-refractivity contribution in [3.05, 3.63) is 276 Å². The van der Waals surface area contributed by atoms with E-state index in [1.165, 1.54) is 146 Å². The van der Waals surface area contributed by atoms with Crippen molar-refractivity contribution >= 4 is 265 Å². The van der Waals surface area contributed by atoms with Crippen LogP contribution >= 0.6 is 196 Å². The number of H-pyrrole nitrogens is 1. The van der Waals surface area contributed by atoms with E-state index in [9.17, 15) is 24.0 Å². The number of hydrogen-bond acceptors (Lipinski definition) is 19. The number of hydrogen-bond donors (Lipinski definition) is 8. The van der Waals surface area contributed by atoms with E-state index in [0.29, 0.717) is 101 Å². The van der Waals surface area contributed by atoms with E-state index in [0.717, 1.165) is 83.6 Å². The maximum atomic E-state index is 12.6. The van der Waals surface area contributed by atoms with Gasteiger partial charge in [0.15, 0.2) is 10.3 Å². The smallest absolute Gasteiger partial charge is 0.335 e. The van der Waals surface area contributed by atoms with E-state index in [1.54, 1.807) is 21.3 Å². The molecule has 742 valence electrons. The molecule has 5 saturated carbocycles. The molecule has 9 aromatic carbocycles. The minimum atomic E-state index is -1.08. The molecule has 1 amide bonds. The molecule has 38 heteroatoms. The molecular weight excluding hydrogens is 2170 g/mol. The highest BCUT2D eigenvalue weighted by molar-refractivity contribution is 9.10. The van der Waals surface area contributed by atoms with Crippen molar-refractivity contribution in [1.29, 1.82) is 0 Å². The van der Waals surface area contributed by atoms with E-state index >= 15 is 0 Å². The van der Waals surface area contributed by atoms with Crippen LogP contribution in [0, 0.1) is 53.2 Å². The summed E-state index contributed by atoms with van der Waals surface area (Å²) in [4.78, 5) is 61.6. The number of alkyl halides is 1. The Morgan fingerprint density at radius 1 is 0.457 bits per heavy atom. The fourth-order valence-electron chi connectivity index (χ4n) is 13.9. The molecule has 22 nitrogen and oxygen atoms in total. The van der Waals surface area contributed by atoms with Gasteiger partial charge in [-0.15, -0.1) is 37.1 Å². The Morgan fingerprint density at radius 3 is 1.22 bits per heavy atom. The minimum absolute atomic E-state index is 0. The van der Waals surface area contributed by atoms with Crippen LogP contribution in [0.3, 0.4) is 0 Å². The number of carbonyl (C=O) groups excluding carboxylic acids is 3. The quantitative estimate of drug-likeness (QED) is 0.00969. The first kappa shape index (κ1) is 122. The highest BCUT2D eigenvalue weighted by Gasteiger charge is 2.31. The summed E-state index contributed by atoms with van der Waals surface area (Å²) in [5.41, 5.74) is 43.4. The summed E-state index contributed by atoms with van der Waals surface area (Å²) in [7, 11) is 0. The summed E-state index contributed by atoms with van der Waals surface area (Å²) in [5, 5.41) is 51.5. The summed E-state index contributed by atoms with van der Waals surface area (Å²) in [6, 6.07) is 38.6. The topological polar surface area (TPSA) is 349 Å². The van der Waals surface area contributed by atoms with Crippen molar-refractivity contribution in [3.8, 4) is 17.1 Å². The number of thiocarbonyl (C=S) groups is 1. The molecule has 5 aliphatic carbocycles. The highest BCUT2D eigenvalue weighted by atomic mass is 79.9. The Kier molecular flexibility index (Phi) is 49.2. The van der Waals surface area contributed by atoms with Crippen LogP contribution in [-0.4, -0.2) is 106 Å². The van der Waals surface area contributed by atoms with Crippen LogP contribution in [0.25, 0.3) is 17.1 Å². The number of nitrogens with one attached hydrogen (secondary N) is 2. The van der Waals surface area contributed by atoms with Crippen molar-refractivity contribution in [2.75, 3.05) is 45.6 Å². The molecule has 0 unspecified atom stereocenters. The summed E-state index contributed by atoms with van der Waals surface area (Å²) in [6.07, 6.45) is 12.8. The molecule has 138 heavy (non-hydrogen) atoms. The van der Waals surface area contributed by atoms with Gasteiger partial charge in [0.05, 0.1) is 103 Å². The van der Waals surface area contributed by atoms with Crippen molar-refractivity contribution < 1.29 is 34.2 Å². The second kappa shape index (κ2) is 55.5. The molecular formula is C100H117Br2Cl10N15O7S4. The molecule has 0 radical (unpaired) electrons. The fourth-order valence-corrected chi connectivity index (χ4v) is 19.8. The highest BCUT2D eigenvalue weighted by Crippen LogP contribution is 2.48. The van der Waals surface area contributed by atoms with Crippen LogP contribution in [0.4, 0.5) is 34.6 Å². The number of nitrogen functional groups attached to an aromatic ring is 4. The zero-order valence-electron chi connectivity index (χ0n) is 71.6. The third kappa shape index (κ3) is 33.5. The first-order valence-corrected chi connectivity index (χ1v) is 49.3. The summed E-state index contributed by atoms with van der Waals surface area (Å²) in [5.74, 6) is 1.48. The number of amides is 1. The van der Waals surface area contributed by atoms with Gasteiger partial charge in [-0.05, 0) is 339 Å². The van der Waals surface area contributed by atoms with Gasteiger partial charge in [-0.25, -0.2) is 14.7 Å². The van der Waals surface area contributed by atoms with E-state index in [-0.39, 0.29) is 121 Å². The minimum Gasteiger partial charge on any atom is -0.478 e. The molecule has 12 N–H and O–H groups in total. The molecule has 3 heterocycles. The number of isothiocyanates is 1. The van der Waals surface area contributed by atoms with Crippen molar-refractivity contribution in [1.82, 2.24) is 44.3 Å². The van der Waals surface area contributed by atoms with E-state index < -0.39 is 17.8 Å². The summed E-state index contributed by atoms with van der Waals surface area (Å²) < 4.78 is 7.18. The normalized spacial score (nSPS) is 12.7. The predicted octanol–water partition coefficient (Wildman–Crippen LogP) is 32.1. The number of benzene rings is 9. The average Bonchev–Trinajstić information content (AvgIpc) is 1.61. The number of aromatic nitrogens is 9. The van der Waals surface area contributed by atoms with E-state index in [4.69, 9.17) is 161 Å². The maximum absolute atomic E-state index is 12.6. The number of nitrogens with two attached hydrogens (primary N) is 4. The van der Waals surface area contributed by atoms with Gasteiger partial charge in [0.2, 0.25) is 27.3 Å². The number of Topliss-reactive ketones (excluding diaryl/α,β-unsaturated/α-hetero) is 2. The predicted molar refractivity (Wildman–Crippen MR) is 595 cm³/mol. The molecule has 3 aromatic heterocycles. The van der Waals surface area contributed by atoms with Gasteiger partial charge < -0.3 is 38.5 Å². The van der Waals surface area contributed by atoms with Crippen molar-refractivity contribution in [2.45, 2.75) is 217 Å². The molecule has 0 atom stereocenters. The Morgan fingerprint density at radius 2 is 0.833 bits per heavy atom. The van der Waals surface area contributed by atoms with E-state index in [2.05, 4.69) is 120 Å². The number of carbonyl (C=O) groups is 5. The zero-order valence-corrected chi connectivity index (χ0v) is 85.6. The number of anilines is 5. The number of aromatic carboxylic acids is 2. The molecule has 17 rings (SSSR count). The van der Waals surface area contributed by atoms with E-state index in [1.807, 2.05) is 108 Å². The lowest BCUT2D eigenvalue weighted by atomic mass is 10.1. The first-order valence-electron chi connectivity index (χ1n) is 41.0. The van der Waals surface area contributed by atoms with Crippen molar-refractivity contribution in [3.63, 3.8) is 0 Å². The zero-order chi connectivity index (χ0) is 95.3. The number of thioether (sulfide) groups is 2. The van der Waals surface area contributed by atoms with Crippen LogP contribution in [0.2, 0.25) is 45.2 Å². The molecule has 5 fully saturated rings. The maximum Gasteiger partial charge on any atom is 0.335 e. The molecule has 12 aromatic rings. The van der Waals surface area contributed by atoms with Gasteiger partial charge in [0.25, 0.3) is 0 Å². The van der Waals surface area contributed by atoms with Crippen LogP contribution in [-0.2, 0) is 27.2 Å². The van der Waals surface area contributed by atoms with Gasteiger partial charge in [-0.1, -0.05) is 244 Å². The summed E-state index contributed by atoms with van der Waals surface area (Å²) >= 11 is 80.0. The Bertz CT molecular complexity index is 6330. The van der Waals surface area contributed by atoms with Crippen LogP contribution in [0.1, 0.15) is 244 Å². The number of ketones is 2. The largest absolute Gasteiger partial charge is 0.478 e. The first-order chi connectivity index (χ1) is 62.2. The number of rotatable bonds is 23. The Labute approximate surface area is 895 Å². The number of carboxylic acid groups (broad SMARTS) is 2. The number of aromatic amines is 1. The van der Waals surface area contributed by atoms with Gasteiger partial charge in [0.1, 0.15) is 17.4 Å². The van der Waals surface area contributed by atoms with Gasteiger partial charge in [-0.3, -0.25) is 28.1 Å². The number of halogens is 12. The monoisotopic (exact) mass is 2280 g/mol. The molecule has 0 saturated heterocycles. The molecule has 0 aliphatic heterocycles. The lowest BCUT2D eigenvalue weighted by Gasteiger charge is -2.14. The van der Waals surface area contributed by atoms with Gasteiger partial charge >= 0.3 is 11.9 Å². The standard InChI is InChI=1S/C22H20BrCl2N3OS.C22H20Cl2N4O3S.C12H13ClN4S.C11H10ClNS.C10H12ClN.C9H7Cl2NO3.C7H7BrClN.7CH4/c1-12-3-4-15(18(24)7-12)9-17(29)11-30-22-27-26-21(23)28(22)20-13(2)8-16(10-19(20)25)14-5-6-14;1-11-6-15(12-2-3-12)9-18(24)19(11)28-21(25)26-27-22(28)32-10-16(29)7-13-4-5-14(20(30)31)8-17(13)23;1-6-4-8(7-2-3-7)5-9(13)10(6)17-11(14)15-16-12(17)18;1-7-4-9(8-2-3-8)5-10(12)11(7)13-6-14;1-6-4-8(7-2-3-7)5-9(11)10(6)12;10-4-8(13)12-7-2-1-5(9(14)15)3-6(7)11;1-4-2-5(8)3-6(9)7(4)10;;;;;;;/h3-4,7-8,10,14H,5-6,9,11H2,1-2H3;4-6,8-9,12H,2-3,7,10H2,1H3,(H2,25,26)(H,30,31);4-5,7H,2-3H2,1H3,(H2,14,15)(H,16,18);4-5,8H,2-3H2,1H3;4-5,7H,2-3,12H2,1H3;1-3H,4H2,(H,12,13)(H,14,15);2-3H,10H2,1H3;7*1H4. The van der Waals surface area contributed by atoms with Gasteiger partial charge in [-0.2, -0.15) is 4.99 Å². The number of carboxylic acids is 2. The third-order valence-electron chi connectivity index (χ3n) is 21.4. The Balaban J connectivity index is 0.000000346. The van der Waals surface area contributed by atoms with Crippen LogP contribution in [0.15, 0.2) is 152 Å². The van der Waals surface area contributed by atoms with Crippen LogP contribution < -0.4 is 28.3 Å². The Hall–Kier alpha value is -8.07. The third-order valence-corrected chi connectivity index (χ3v) is 27.8. The summed E-state index contributed by atoms with van der Waals surface area (Å²) in [6.45, 7) is 13.9. The fraction of sp³-hybridized carbons (Fsp3) is 0.340. The SMILES string of the molecule is C.C.C.C.C.C.C.Cc1cc(Br)cc(Cl)c1N.Cc1cc(C2CC2)cc(Cl)c1-n1c(N)n[nH]c1=S.Cc1cc(C2CC2)cc(Cl)c1-n1c(N)nnc1SCC(=O)Cc1ccc(C(=O)O)cc1Cl.Cc1cc(C2CC2)cc(Cl)c1N.Cc1cc(C2CC2)cc(Cl)c1N=C=S.Cc1ccc(CC(=O)CSc2nnc(Br)n2-c2c(C)cc(C3CC3)cc2Cl)c(Cl)c1.O=C(CCl)Nc1ccc(C(=O)O)cc1Cl. The second-order valence-corrected chi connectivity index (χ2v) is 40.0. The number of nitrogens with zero attached hydrogens (tertiary/aromatic N) is 9. The second-order valence-electron chi connectivity index (χ2n) is 32.0. The number of aliphatic imine (C=N–C) groups is 1. The lowest BCUT2D eigenvalue weighted by Crippen LogP contribution is -2.13. The average molecular weight is 2280 g/mol. The molecule has 0 bridgehead atoms. The van der Waals surface area contributed by atoms with Crippen molar-refractivity contribution in [2.24, 2.45) is 4.99 Å². The molecule has 5 aliphatic rings. The lowest BCUT2D eigenvalue weighted by molar-refractivity contribution is -0.116. The number of aryl methyl sites for hydroxylation is 7.